The van der Waals surface area contributed by atoms with Gasteiger partial charge in [0, 0.05) is 12.1 Å². The van der Waals surface area contributed by atoms with Gasteiger partial charge < -0.3 is 19.2 Å². The van der Waals surface area contributed by atoms with Crippen molar-refractivity contribution in [3.8, 4) is 5.75 Å². The number of benzene rings is 2. The normalized spacial score (nSPS) is 17.7. The third-order valence-corrected chi connectivity index (χ3v) is 5.43. The highest BCUT2D eigenvalue weighted by atomic mass is 19.1. The van der Waals surface area contributed by atoms with Crippen LogP contribution in [0.2, 0.25) is 0 Å². The number of carbonyl (C=O) groups is 2. The number of furan rings is 1. The van der Waals surface area contributed by atoms with Crippen molar-refractivity contribution in [1.82, 2.24) is 4.90 Å². The Bertz CT molecular complexity index is 1210. The quantitative estimate of drug-likeness (QED) is 0.320. The van der Waals surface area contributed by atoms with Crippen LogP contribution in [-0.2, 0) is 16.1 Å². The maximum atomic E-state index is 13.3. The Hall–Kier alpha value is -3.87. The zero-order valence-corrected chi connectivity index (χ0v) is 18.5. The van der Waals surface area contributed by atoms with E-state index in [9.17, 15) is 19.1 Å². The van der Waals surface area contributed by atoms with Crippen LogP contribution < -0.4 is 4.74 Å². The molecule has 0 radical (unpaired) electrons. The van der Waals surface area contributed by atoms with Gasteiger partial charge >= 0.3 is 0 Å². The maximum absolute atomic E-state index is 13.3. The summed E-state index contributed by atoms with van der Waals surface area (Å²) in [4.78, 5) is 27.3. The minimum absolute atomic E-state index is 0.0149. The maximum Gasteiger partial charge on any atom is 0.296 e. The molecule has 1 atom stereocenters. The molecule has 1 aliphatic heterocycles. The smallest absolute Gasteiger partial charge is 0.296 e. The number of rotatable bonds is 6. The van der Waals surface area contributed by atoms with E-state index in [0.29, 0.717) is 22.6 Å². The monoisotopic (exact) mass is 449 g/mol. The Morgan fingerprint density at radius 2 is 1.88 bits per heavy atom. The summed E-state index contributed by atoms with van der Waals surface area (Å²) in [6.45, 7) is 5.72. The molecule has 33 heavy (non-hydrogen) atoms. The molecule has 3 aromatic rings. The highest BCUT2D eigenvalue weighted by Gasteiger charge is 2.47. The molecule has 0 saturated carbocycles. The Kier molecular flexibility index (Phi) is 6.05. The molecule has 4 rings (SSSR count). The number of likely N-dealkylation sites (tertiary alicyclic amines) is 1. The fourth-order valence-corrected chi connectivity index (χ4v) is 3.91. The minimum Gasteiger partial charge on any atom is -0.507 e. The Morgan fingerprint density at radius 3 is 2.48 bits per heavy atom. The first kappa shape index (κ1) is 22.3. The molecule has 6 nitrogen and oxygen atoms in total. The predicted octanol–water partition coefficient (Wildman–Crippen LogP) is 5.14. The number of hydrogen-bond donors (Lipinski definition) is 1. The van der Waals surface area contributed by atoms with E-state index < -0.39 is 23.5 Å². The first-order valence-electron chi connectivity index (χ1n) is 10.6. The van der Waals surface area contributed by atoms with Gasteiger partial charge in [-0.05, 0) is 74.4 Å². The molecule has 7 heteroatoms. The van der Waals surface area contributed by atoms with Crippen LogP contribution in [0, 0.1) is 12.7 Å². The molecular formula is C26H24FNO5. The zero-order chi connectivity index (χ0) is 23.7. The van der Waals surface area contributed by atoms with Gasteiger partial charge in [-0.1, -0.05) is 12.1 Å². The molecule has 170 valence electrons. The number of nitrogens with zero attached hydrogens (tertiary/aromatic N) is 1. The molecule has 1 aromatic heterocycles. The van der Waals surface area contributed by atoms with Crippen LogP contribution >= 0.6 is 0 Å². The predicted molar refractivity (Wildman–Crippen MR) is 120 cm³/mol. The highest BCUT2D eigenvalue weighted by Crippen LogP contribution is 2.40. The standard InChI is InChI=1S/C26H24FNO5/c1-15(2)33-20-11-8-18(13-16(20)3)24(29)22-23(21-5-4-12-32-21)28(26(31)25(22)30)14-17-6-9-19(27)10-7-17/h4-13,15,23,29H,14H2,1-3H3/b24-22-. The molecule has 1 unspecified atom stereocenters. The van der Waals surface area contributed by atoms with E-state index in [-0.39, 0.29) is 24.0 Å². The number of aryl methyl sites for hydroxylation is 1. The summed E-state index contributed by atoms with van der Waals surface area (Å²) < 4.78 is 24.6. The number of halogens is 1. The van der Waals surface area contributed by atoms with Gasteiger partial charge in [0.1, 0.15) is 29.1 Å². The van der Waals surface area contributed by atoms with Gasteiger partial charge in [-0.15, -0.1) is 0 Å². The molecule has 2 aromatic carbocycles. The average Bonchev–Trinajstić information content (AvgIpc) is 3.39. The molecule has 2 heterocycles. The van der Waals surface area contributed by atoms with Gasteiger partial charge in [-0.3, -0.25) is 9.59 Å². The van der Waals surface area contributed by atoms with Gasteiger partial charge in [0.2, 0.25) is 0 Å². The van der Waals surface area contributed by atoms with Crippen molar-refractivity contribution in [2.75, 3.05) is 0 Å². The summed E-state index contributed by atoms with van der Waals surface area (Å²) in [5.74, 6) is -1.26. The van der Waals surface area contributed by atoms with Gasteiger partial charge in [0.25, 0.3) is 11.7 Å². The molecule has 0 bridgehead atoms. The third-order valence-electron chi connectivity index (χ3n) is 5.43. The largest absolute Gasteiger partial charge is 0.507 e. The van der Waals surface area contributed by atoms with E-state index in [1.807, 2.05) is 20.8 Å². The van der Waals surface area contributed by atoms with Crippen LogP contribution in [-0.4, -0.2) is 27.8 Å². The summed E-state index contributed by atoms with van der Waals surface area (Å²) in [7, 11) is 0. The van der Waals surface area contributed by atoms with E-state index in [2.05, 4.69) is 0 Å². The van der Waals surface area contributed by atoms with E-state index in [4.69, 9.17) is 9.15 Å². The van der Waals surface area contributed by atoms with Crippen molar-refractivity contribution < 1.29 is 28.2 Å². The lowest BCUT2D eigenvalue weighted by Gasteiger charge is -2.23. The number of ketones is 1. The van der Waals surface area contributed by atoms with Crippen LogP contribution in [0.4, 0.5) is 4.39 Å². The second kappa shape index (κ2) is 8.94. The molecule has 0 aliphatic carbocycles. The van der Waals surface area contributed by atoms with Crippen LogP contribution in [0.25, 0.3) is 5.76 Å². The van der Waals surface area contributed by atoms with Crippen molar-refractivity contribution in [3.63, 3.8) is 0 Å². The fraction of sp³-hybridized carbons (Fsp3) is 0.231. The summed E-state index contributed by atoms with van der Waals surface area (Å²) in [5.41, 5.74) is 1.75. The second-order valence-corrected chi connectivity index (χ2v) is 8.22. The Morgan fingerprint density at radius 1 is 1.15 bits per heavy atom. The van der Waals surface area contributed by atoms with Crippen LogP contribution in [0.15, 0.2) is 70.9 Å². The van der Waals surface area contributed by atoms with Crippen LogP contribution in [0.5, 0.6) is 5.75 Å². The van der Waals surface area contributed by atoms with Crippen molar-refractivity contribution in [2.24, 2.45) is 0 Å². The summed E-state index contributed by atoms with van der Waals surface area (Å²) >= 11 is 0. The number of ether oxygens (including phenoxy) is 1. The molecule has 1 fully saturated rings. The molecule has 0 spiro atoms. The summed E-state index contributed by atoms with van der Waals surface area (Å²) in [6, 6.07) is 13.1. The summed E-state index contributed by atoms with van der Waals surface area (Å²) in [6.07, 6.45) is 1.43. The molecular weight excluding hydrogens is 425 g/mol. The Balaban J connectivity index is 1.78. The minimum atomic E-state index is -0.919. The van der Waals surface area contributed by atoms with E-state index in [0.717, 1.165) is 5.56 Å². The van der Waals surface area contributed by atoms with Crippen LogP contribution in [0.3, 0.4) is 0 Å². The van der Waals surface area contributed by atoms with E-state index in [1.54, 1.807) is 42.5 Å². The van der Waals surface area contributed by atoms with E-state index >= 15 is 0 Å². The number of hydrogen-bond acceptors (Lipinski definition) is 5. The fourth-order valence-electron chi connectivity index (χ4n) is 3.91. The highest BCUT2D eigenvalue weighted by molar-refractivity contribution is 6.46. The third kappa shape index (κ3) is 4.39. The molecule has 1 saturated heterocycles. The van der Waals surface area contributed by atoms with Crippen molar-refractivity contribution >= 4 is 17.4 Å². The van der Waals surface area contributed by atoms with Gasteiger partial charge in [-0.25, -0.2) is 4.39 Å². The SMILES string of the molecule is Cc1cc(/C(O)=C2/C(=O)C(=O)N(Cc3ccc(F)cc3)C2c2ccco2)ccc1OC(C)C. The lowest BCUT2D eigenvalue weighted by Crippen LogP contribution is -2.29. The number of aliphatic hydroxyl groups is 1. The summed E-state index contributed by atoms with van der Waals surface area (Å²) in [5, 5.41) is 11.1. The number of aliphatic hydroxyl groups excluding tert-OH is 1. The topological polar surface area (TPSA) is 80.0 Å². The molecule has 1 amide bonds. The number of Topliss-reactive ketones (excluding diaryl/α,β-unsaturated/α-hetero) is 1. The van der Waals surface area contributed by atoms with Gasteiger partial charge in [0.15, 0.2) is 0 Å². The molecule has 1 aliphatic rings. The van der Waals surface area contributed by atoms with E-state index in [1.165, 1.54) is 23.3 Å². The number of carbonyl (C=O) groups excluding carboxylic acids is 2. The Labute approximate surface area is 190 Å². The van der Waals surface area contributed by atoms with Gasteiger partial charge in [-0.2, -0.15) is 0 Å². The zero-order valence-electron chi connectivity index (χ0n) is 18.5. The second-order valence-electron chi connectivity index (χ2n) is 8.22. The first-order valence-corrected chi connectivity index (χ1v) is 10.6. The van der Waals surface area contributed by atoms with Crippen molar-refractivity contribution in [1.29, 1.82) is 0 Å². The lowest BCUT2D eigenvalue weighted by molar-refractivity contribution is -0.140. The molecule has 1 N–H and O–H groups in total. The van der Waals surface area contributed by atoms with Gasteiger partial charge in [0.05, 0.1) is 17.9 Å². The average molecular weight is 449 g/mol. The first-order chi connectivity index (χ1) is 15.8. The lowest BCUT2D eigenvalue weighted by atomic mass is 9.98. The number of amides is 1. The van der Waals surface area contributed by atoms with Crippen molar-refractivity contribution in [3.05, 3.63) is 94.7 Å². The van der Waals surface area contributed by atoms with Crippen molar-refractivity contribution in [2.45, 2.75) is 39.5 Å². The van der Waals surface area contributed by atoms with Crippen LogP contribution in [0.1, 0.15) is 42.3 Å².